The molecule has 1 saturated heterocycles. The molecule has 1 aliphatic rings. The molecule has 2 aromatic heterocycles. The van der Waals surface area contributed by atoms with Crippen LogP contribution in [0.5, 0.6) is 5.75 Å². The number of hydrogen-bond acceptors (Lipinski definition) is 7. The Morgan fingerprint density at radius 1 is 1.04 bits per heavy atom. The van der Waals surface area contributed by atoms with Crippen LogP contribution in [0, 0.1) is 0 Å². The molecular weight excluding hydrogens is 310 g/mol. The third kappa shape index (κ3) is 2.79. The predicted octanol–water partition coefficient (Wildman–Crippen LogP) is 2.42. The summed E-state index contributed by atoms with van der Waals surface area (Å²) in [5.41, 5.74) is 1.03. The van der Waals surface area contributed by atoms with Crippen molar-refractivity contribution < 1.29 is 4.74 Å². The van der Waals surface area contributed by atoms with E-state index in [1.54, 1.807) is 30.8 Å². The second-order valence-corrected chi connectivity index (χ2v) is 6.36. The Bertz CT molecular complexity index is 799. The van der Waals surface area contributed by atoms with E-state index in [2.05, 4.69) is 19.8 Å². The Hall–Kier alpha value is -2.41. The van der Waals surface area contributed by atoms with Crippen molar-refractivity contribution in [3.63, 3.8) is 0 Å². The maximum Gasteiger partial charge on any atom is 0.225 e. The van der Waals surface area contributed by atoms with Crippen molar-refractivity contribution in [1.29, 1.82) is 0 Å². The Morgan fingerprint density at radius 2 is 1.78 bits per heavy atom. The Labute approximate surface area is 138 Å². The molecule has 118 valence electrons. The summed E-state index contributed by atoms with van der Waals surface area (Å²) in [6.45, 7) is 3.66. The Balaban J connectivity index is 1.50. The van der Waals surface area contributed by atoms with E-state index in [9.17, 15) is 0 Å². The smallest absolute Gasteiger partial charge is 0.225 e. The lowest BCUT2D eigenvalue weighted by Gasteiger charge is -2.34. The van der Waals surface area contributed by atoms with Crippen LogP contribution in [0.2, 0.25) is 0 Å². The maximum absolute atomic E-state index is 5.28. The lowest BCUT2D eigenvalue weighted by Crippen LogP contribution is -2.47. The fraction of sp³-hybridized carbons (Fsp3) is 0.312. The Morgan fingerprint density at radius 3 is 2.52 bits per heavy atom. The summed E-state index contributed by atoms with van der Waals surface area (Å²) in [7, 11) is 1.69. The zero-order chi connectivity index (χ0) is 15.6. The van der Waals surface area contributed by atoms with E-state index in [0.717, 1.165) is 53.2 Å². The molecular formula is C16H17N5OS. The van der Waals surface area contributed by atoms with Gasteiger partial charge in [0.1, 0.15) is 5.75 Å². The fourth-order valence-electron chi connectivity index (χ4n) is 2.71. The number of thiazole rings is 1. The van der Waals surface area contributed by atoms with Gasteiger partial charge in [0.25, 0.3) is 0 Å². The molecule has 1 aliphatic heterocycles. The number of hydrogen-bond donors (Lipinski definition) is 0. The van der Waals surface area contributed by atoms with Crippen molar-refractivity contribution >= 4 is 32.6 Å². The highest BCUT2D eigenvalue weighted by Crippen LogP contribution is 2.32. The number of methoxy groups -OCH3 is 1. The first-order valence-corrected chi connectivity index (χ1v) is 8.36. The maximum atomic E-state index is 5.28. The first-order chi connectivity index (χ1) is 11.3. The minimum atomic E-state index is 0.807. The van der Waals surface area contributed by atoms with Gasteiger partial charge in [-0.1, -0.05) is 11.3 Å². The summed E-state index contributed by atoms with van der Waals surface area (Å²) in [5.74, 6) is 1.68. The van der Waals surface area contributed by atoms with E-state index in [1.807, 2.05) is 24.3 Å². The molecule has 23 heavy (non-hydrogen) atoms. The normalized spacial score (nSPS) is 15.2. The first-order valence-electron chi connectivity index (χ1n) is 7.55. The van der Waals surface area contributed by atoms with Crippen LogP contribution >= 0.6 is 11.3 Å². The van der Waals surface area contributed by atoms with Crippen molar-refractivity contribution in [1.82, 2.24) is 15.0 Å². The molecule has 0 amide bonds. The summed E-state index contributed by atoms with van der Waals surface area (Å²) in [6, 6.07) is 7.86. The van der Waals surface area contributed by atoms with Gasteiger partial charge in [0.2, 0.25) is 5.95 Å². The van der Waals surface area contributed by atoms with Gasteiger partial charge in [-0.3, -0.25) is 0 Å². The SMILES string of the molecule is COc1ccc2nc(N3CCN(c4ncccn4)CC3)sc2c1. The zero-order valence-corrected chi connectivity index (χ0v) is 13.7. The average molecular weight is 327 g/mol. The molecule has 0 atom stereocenters. The highest BCUT2D eigenvalue weighted by atomic mass is 32.1. The van der Waals surface area contributed by atoms with E-state index in [4.69, 9.17) is 9.72 Å². The van der Waals surface area contributed by atoms with Crippen LogP contribution in [-0.4, -0.2) is 48.2 Å². The van der Waals surface area contributed by atoms with E-state index in [-0.39, 0.29) is 0 Å². The highest BCUT2D eigenvalue weighted by Gasteiger charge is 2.21. The molecule has 4 rings (SSSR count). The summed E-state index contributed by atoms with van der Waals surface area (Å²) < 4.78 is 6.45. The van der Waals surface area contributed by atoms with Crippen molar-refractivity contribution in [2.75, 3.05) is 43.1 Å². The second kappa shape index (κ2) is 6.00. The summed E-state index contributed by atoms with van der Waals surface area (Å²) in [5, 5.41) is 1.07. The standard InChI is InChI=1S/C16H17N5OS/c1-22-12-3-4-13-14(11-12)23-16(19-13)21-9-7-20(8-10-21)15-17-5-2-6-18-15/h2-6,11H,7-10H2,1H3. The van der Waals surface area contributed by atoms with Gasteiger partial charge in [0, 0.05) is 38.6 Å². The van der Waals surface area contributed by atoms with Gasteiger partial charge in [0.15, 0.2) is 5.13 Å². The van der Waals surface area contributed by atoms with Crippen LogP contribution in [0.15, 0.2) is 36.7 Å². The van der Waals surface area contributed by atoms with Crippen molar-refractivity contribution in [2.45, 2.75) is 0 Å². The first kappa shape index (κ1) is 14.2. The lowest BCUT2D eigenvalue weighted by atomic mass is 10.3. The van der Waals surface area contributed by atoms with E-state index >= 15 is 0 Å². The second-order valence-electron chi connectivity index (χ2n) is 5.35. The van der Waals surface area contributed by atoms with Gasteiger partial charge in [-0.15, -0.1) is 0 Å². The molecule has 0 spiro atoms. The van der Waals surface area contributed by atoms with Crippen LogP contribution in [0.4, 0.5) is 11.1 Å². The lowest BCUT2D eigenvalue weighted by molar-refractivity contribution is 0.415. The number of aromatic nitrogens is 3. The van der Waals surface area contributed by atoms with E-state index in [1.165, 1.54) is 0 Å². The molecule has 0 unspecified atom stereocenters. The van der Waals surface area contributed by atoms with E-state index in [0.29, 0.717) is 0 Å². The largest absolute Gasteiger partial charge is 0.497 e. The summed E-state index contributed by atoms with van der Waals surface area (Å²) >= 11 is 1.72. The van der Waals surface area contributed by atoms with Crippen molar-refractivity contribution in [3.05, 3.63) is 36.7 Å². The van der Waals surface area contributed by atoms with Gasteiger partial charge >= 0.3 is 0 Å². The number of fused-ring (bicyclic) bond motifs is 1. The van der Waals surface area contributed by atoms with Crippen molar-refractivity contribution in [3.8, 4) is 5.75 Å². The van der Waals surface area contributed by atoms with Crippen LogP contribution in [0.25, 0.3) is 10.2 Å². The molecule has 0 bridgehead atoms. The molecule has 3 aromatic rings. The minimum Gasteiger partial charge on any atom is -0.497 e. The quantitative estimate of drug-likeness (QED) is 0.736. The monoisotopic (exact) mass is 327 g/mol. The minimum absolute atomic E-state index is 0.807. The molecule has 6 nitrogen and oxygen atoms in total. The molecule has 0 radical (unpaired) electrons. The third-order valence-electron chi connectivity index (χ3n) is 3.97. The van der Waals surface area contributed by atoms with Gasteiger partial charge in [-0.05, 0) is 24.3 Å². The zero-order valence-electron chi connectivity index (χ0n) is 12.8. The van der Waals surface area contributed by atoms with E-state index < -0.39 is 0 Å². The summed E-state index contributed by atoms with van der Waals surface area (Å²) in [6.07, 6.45) is 3.57. The average Bonchev–Trinajstić information content (AvgIpc) is 3.05. The molecule has 0 saturated carbocycles. The van der Waals surface area contributed by atoms with Crippen LogP contribution in [0.3, 0.4) is 0 Å². The molecule has 7 heteroatoms. The number of ether oxygens (including phenoxy) is 1. The number of anilines is 2. The number of benzene rings is 1. The van der Waals surface area contributed by atoms with Gasteiger partial charge in [-0.2, -0.15) is 0 Å². The van der Waals surface area contributed by atoms with Crippen LogP contribution in [-0.2, 0) is 0 Å². The van der Waals surface area contributed by atoms with Gasteiger partial charge in [-0.25, -0.2) is 15.0 Å². The van der Waals surface area contributed by atoms with Crippen LogP contribution in [0.1, 0.15) is 0 Å². The molecule has 1 aromatic carbocycles. The molecule has 0 aliphatic carbocycles. The number of rotatable bonds is 3. The Kier molecular flexibility index (Phi) is 3.70. The molecule has 0 N–H and O–H groups in total. The van der Waals surface area contributed by atoms with Gasteiger partial charge in [0.05, 0.1) is 17.3 Å². The fourth-order valence-corrected chi connectivity index (χ4v) is 3.75. The highest BCUT2D eigenvalue weighted by molar-refractivity contribution is 7.22. The van der Waals surface area contributed by atoms with Crippen molar-refractivity contribution in [2.24, 2.45) is 0 Å². The summed E-state index contributed by atoms with van der Waals surface area (Å²) in [4.78, 5) is 17.9. The third-order valence-corrected chi connectivity index (χ3v) is 5.05. The predicted molar refractivity (Wildman–Crippen MR) is 92.6 cm³/mol. The topological polar surface area (TPSA) is 54.4 Å². The van der Waals surface area contributed by atoms with Gasteiger partial charge < -0.3 is 14.5 Å². The number of piperazine rings is 1. The van der Waals surface area contributed by atoms with Crippen LogP contribution < -0.4 is 14.5 Å². The molecule has 1 fully saturated rings. The molecule has 3 heterocycles. The number of nitrogens with zero attached hydrogens (tertiary/aromatic N) is 5.